The van der Waals surface area contributed by atoms with E-state index >= 15 is 0 Å². The summed E-state index contributed by atoms with van der Waals surface area (Å²) in [4.78, 5) is 1.40. The second kappa shape index (κ2) is 5.20. The first-order valence-corrected chi connectivity index (χ1v) is 5.53. The van der Waals surface area contributed by atoms with Crippen LogP contribution in [0.25, 0.3) is 0 Å². The van der Waals surface area contributed by atoms with Crippen LogP contribution in [0.15, 0.2) is 29.7 Å². The molecule has 13 heavy (non-hydrogen) atoms. The average molecular weight is 195 g/mol. The number of rotatable bonds is 5. The normalized spacial score (nSPS) is 12.8. The molecule has 0 bridgehead atoms. The van der Waals surface area contributed by atoms with Crippen molar-refractivity contribution >= 4 is 11.3 Å². The molecule has 0 saturated carbocycles. The van der Waals surface area contributed by atoms with Gasteiger partial charge >= 0.3 is 0 Å². The maximum absolute atomic E-state index is 4.04. The molecule has 1 aromatic rings. The average Bonchev–Trinajstić information content (AvgIpc) is 2.66. The summed E-state index contributed by atoms with van der Waals surface area (Å²) in [6, 6.07) is 4.72. The summed E-state index contributed by atoms with van der Waals surface area (Å²) in [5.41, 5.74) is 1.31. The summed E-state index contributed by atoms with van der Waals surface area (Å²) in [5.74, 6) is 0. The maximum Gasteiger partial charge on any atom is 0.0449 e. The molecule has 1 aromatic heterocycles. The van der Waals surface area contributed by atoms with Gasteiger partial charge in [-0.1, -0.05) is 25.1 Å². The molecule has 0 aliphatic carbocycles. The van der Waals surface area contributed by atoms with Gasteiger partial charge in [-0.2, -0.15) is 0 Å². The van der Waals surface area contributed by atoms with E-state index in [0.717, 1.165) is 12.8 Å². The van der Waals surface area contributed by atoms with Crippen molar-refractivity contribution < 1.29 is 0 Å². The molecular weight excluding hydrogens is 178 g/mol. The highest BCUT2D eigenvalue weighted by Gasteiger charge is 2.10. The first-order chi connectivity index (χ1) is 6.27. The van der Waals surface area contributed by atoms with E-state index in [0.29, 0.717) is 6.04 Å². The van der Waals surface area contributed by atoms with E-state index in [4.69, 9.17) is 0 Å². The summed E-state index contributed by atoms with van der Waals surface area (Å²) in [6.45, 7) is 6.19. The molecule has 1 N–H and O–H groups in total. The zero-order valence-electron chi connectivity index (χ0n) is 8.34. The first kappa shape index (κ1) is 10.5. The smallest absolute Gasteiger partial charge is 0.0449 e. The van der Waals surface area contributed by atoms with Gasteiger partial charge in [0, 0.05) is 10.9 Å². The molecule has 0 fully saturated rings. The van der Waals surface area contributed by atoms with Gasteiger partial charge in [-0.15, -0.1) is 11.3 Å². The van der Waals surface area contributed by atoms with Gasteiger partial charge in [0.1, 0.15) is 0 Å². The molecule has 1 unspecified atom stereocenters. The van der Waals surface area contributed by atoms with Crippen LogP contribution >= 0.6 is 11.3 Å². The van der Waals surface area contributed by atoms with Gasteiger partial charge in [-0.3, -0.25) is 0 Å². The topological polar surface area (TPSA) is 12.0 Å². The summed E-state index contributed by atoms with van der Waals surface area (Å²) in [5, 5.41) is 5.44. The molecule has 1 rings (SSSR count). The van der Waals surface area contributed by atoms with Crippen LogP contribution in [0.1, 0.15) is 30.7 Å². The lowest BCUT2D eigenvalue weighted by Gasteiger charge is -2.15. The Morgan fingerprint density at radius 3 is 2.92 bits per heavy atom. The Bertz CT molecular complexity index is 251. The van der Waals surface area contributed by atoms with Gasteiger partial charge in [0.05, 0.1) is 0 Å². The van der Waals surface area contributed by atoms with E-state index in [-0.39, 0.29) is 0 Å². The minimum absolute atomic E-state index is 0.451. The van der Waals surface area contributed by atoms with Crippen molar-refractivity contribution in [2.24, 2.45) is 0 Å². The largest absolute Gasteiger partial charge is 0.312 e. The molecule has 0 aliphatic heterocycles. The standard InChI is InChI=1S/C11H17NS/c1-4-9(2)8-10(12-3)11-6-5-7-13-11/h5-7,10,12H,2,4,8H2,1,3H3. The summed E-state index contributed by atoms with van der Waals surface area (Å²) >= 11 is 1.80. The van der Waals surface area contributed by atoms with E-state index in [1.54, 1.807) is 11.3 Å². The van der Waals surface area contributed by atoms with Crippen LogP contribution in [-0.2, 0) is 0 Å². The number of thiophene rings is 1. The van der Waals surface area contributed by atoms with Crippen molar-refractivity contribution in [2.75, 3.05) is 7.05 Å². The lowest BCUT2D eigenvalue weighted by atomic mass is 10.0. The van der Waals surface area contributed by atoms with Crippen LogP contribution in [-0.4, -0.2) is 7.05 Å². The fourth-order valence-electron chi connectivity index (χ4n) is 1.27. The highest BCUT2D eigenvalue weighted by atomic mass is 32.1. The maximum atomic E-state index is 4.04. The molecule has 0 amide bonds. The zero-order chi connectivity index (χ0) is 9.68. The van der Waals surface area contributed by atoms with E-state index in [9.17, 15) is 0 Å². The Morgan fingerprint density at radius 1 is 1.69 bits per heavy atom. The predicted molar refractivity (Wildman–Crippen MR) is 60.2 cm³/mol. The Hall–Kier alpha value is -0.600. The van der Waals surface area contributed by atoms with E-state index in [1.165, 1.54) is 10.5 Å². The molecule has 0 aliphatic rings. The Labute approximate surface area is 84.5 Å². The minimum Gasteiger partial charge on any atom is -0.312 e. The van der Waals surface area contributed by atoms with Gasteiger partial charge in [-0.05, 0) is 31.3 Å². The zero-order valence-corrected chi connectivity index (χ0v) is 9.16. The Kier molecular flexibility index (Phi) is 4.19. The molecule has 1 nitrogen and oxygen atoms in total. The predicted octanol–water partition coefficient (Wildman–Crippen LogP) is 3.36. The van der Waals surface area contributed by atoms with Crippen molar-refractivity contribution in [1.29, 1.82) is 0 Å². The lowest BCUT2D eigenvalue weighted by Crippen LogP contribution is -2.15. The lowest BCUT2D eigenvalue weighted by molar-refractivity contribution is 0.592. The van der Waals surface area contributed by atoms with Crippen LogP contribution in [0.2, 0.25) is 0 Å². The van der Waals surface area contributed by atoms with E-state index in [1.807, 2.05) is 7.05 Å². The van der Waals surface area contributed by atoms with Crippen molar-refractivity contribution in [2.45, 2.75) is 25.8 Å². The molecule has 1 heterocycles. The van der Waals surface area contributed by atoms with Crippen molar-refractivity contribution in [1.82, 2.24) is 5.32 Å². The Morgan fingerprint density at radius 2 is 2.46 bits per heavy atom. The highest BCUT2D eigenvalue weighted by molar-refractivity contribution is 7.10. The molecule has 0 aromatic carbocycles. The van der Waals surface area contributed by atoms with Gasteiger partial charge in [-0.25, -0.2) is 0 Å². The summed E-state index contributed by atoms with van der Waals surface area (Å²) < 4.78 is 0. The summed E-state index contributed by atoms with van der Waals surface area (Å²) in [7, 11) is 2.01. The van der Waals surface area contributed by atoms with Crippen LogP contribution in [0, 0.1) is 0 Å². The number of hydrogen-bond acceptors (Lipinski definition) is 2. The van der Waals surface area contributed by atoms with Crippen LogP contribution in [0.4, 0.5) is 0 Å². The van der Waals surface area contributed by atoms with Gasteiger partial charge in [0.2, 0.25) is 0 Å². The van der Waals surface area contributed by atoms with Crippen LogP contribution < -0.4 is 5.32 Å². The number of hydrogen-bond donors (Lipinski definition) is 1. The molecule has 0 radical (unpaired) electrons. The fourth-order valence-corrected chi connectivity index (χ4v) is 2.10. The van der Waals surface area contributed by atoms with Crippen LogP contribution in [0.5, 0.6) is 0 Å². The third-order valence-electron chi connectivity index (χ3n) is 2.23. The second-order valence-corrected chi connectivity index (χ2v) is 4.14. The van der Waals surface area contributed by atoms with Gasteiger partial charge in [0.15, 0.2) is 0 Å². The molecule has 0 spiro atoms. The third-order valence-corrected chi connectivity index (χ3v) is 3.21. The monoisotopic (exact) mass is 195 g/mol. The van der Waals surface area contributed by atoms with Crippen LogP contribution in [0.3, 0.4) is 0 Å². The first-order valence-electron chi connectivity index (χ1n) is 4.65. The van der Waals surface area contributed by atoms with E-state index in [2.05, 4.69) is 36.3 Å². The van der Waals surface area contributed by atoms with E-state index < -0.39 is 0 Å². The van der Waals surface area contributed by atoms with Crippen molar-refractivity contribution in [3.8, 4) is 0 Å². The number of nitrogens with one attached hydrogen (secondary N) is 1. The highest BCUT2D eigenvalue weighted by Crippen LogP contribution is 2.24. The molecular formula is C11H17NS. The van der Waals surface area contributed by atoms with Gasteiger partial charge < -0.3 is 5.32 Å². The van der Waals surface area contributed by atoms with Gasteiger partial charge in [0.25, 0.3) is 0 Å². The molecule has 0 saturated heterocycles. The fraction of sp³-hybridized carbons (Fsp3) is 0.455. The Balaban J connectivity index is 2.58. The third kappa shape index (κ3) is 2.98. The SMILES string of the molecule is C=C(CC)CC(NC)c1cccs1. The quantitative estimate of drug-likeness (QED) is 0.710. The second-order valence-electron chi connectivity index (χ2n) is 3.16. The van der Waals surface area contributed by atoms with Crippen molar-refractivity contribution in [3.05, 3.63) is 34.5 Å². The summed E-state index contributed by atoms with van der Waals surface area (Å²) in [6.07, 6.45) is 2.12. The van der Waals surface area contributed by atoms with Crippen molar-refractivity contribution in [3.63, 3.8) is 0 Å². The minimum atomic E-state index is 0.451. The molecule has 2 heteroatoms. The molecule has 1 atom stereocenters. The molecule has 72 valence electrons.